The summed E-state index contributed by atoms with van der Waals surface area (Å²) in [5.41, 5.74) is 2.01. The van der Waals surface area contributed by atoms with Gasteiger partial charge in [-0.2, -0.15) is 0 Å². The van der Waals surface area contributed by atoms with E-state index in [0.717, 1.165) is 11.1 Å². The highest BCUT2D eigenvalue weighted by molar-refractivity contribution is 9.10. The molecule has 0 unspecified atom stereocenters. The van der Waals surface area contributed by atoms with Gasteiger partial charge in [0.05, 0.1) is 4.92 Å². The van der Waals surface area contributed by atoms with Gasteiger partial charge in [-0.1, -0.05) is 52.3 Å². The van der Waals surface area contributed by atoms with Gasteiger partial charge in [0.2, 0.25) is 0 Å². The lowest BCUT2D eigenvalue weighted by Crippen LogP contribution is -2.01. The standard InChI is InChI=1S/C16H14BrNO3/c1-12(9-13-5-3-2-4-6-13)11-21-16-8-7-14(17)10-15(16)18(19)20/h2-10H,11H2,1H3/b12-9+. The first kappa shape index (κ1) is 15.3. The molecule has 0 fully saturated rings. The van der Waals surface area contributed by atoms with E-state index in [2.05, 4.69) is 15.9 Å². The van der Waals surface area contributed by atoms with Crippen LogP contribution < -0.4 is 4.74 Å². The third kappa shape index (κ3) is 4.43. The van der Waals surface area contributed by atoms with E-state index >= 15 is 0 Å². The predicted octanol–water partition coefficient (Wildman–Crippen LogP) is 4.84. The number of rotatable bonds is 5. The summed E-state index contributed by atoms with van der Waals surface area (Å²) in [6, 6.07) is 14.6. The van der Waals surface area contributed by atoms with Gasteiger partial charge < -0.3 is 4.74 Å². The Bertz CT molecular complexity index is 668. The van der Waals surface area contributed by atoms with Crippen LogP contribution in [0.15, 0.2) is 58.6 Å². The fourth-order valence-corrected chi connectivity index (χ4v) is 2.17. The molecular formula is C16H14BrNO3. The van der Waals surface area contributed by atoms with E-state index < -0.39 is 4.92 Å². The summed E-state index contributed by atoms with van der Waals surface area (Å²) in [4.78, 5) is 10.6. The Balaban J connectivity index is 2.10. The lowest BCUT2D eigenvalue weighted by molar-refractivity contribution is -0.385. The fourth-order valence-electron chi connectivity index (χ4n) is 1.82. The Kier molecular flexibility index (Phi) is 5.11. The maximum atomic E-state index is 11.0. The number of hydrogen-bond donors (Lipinski definition) is 0. The van der Waals surface area contributed by atoms with Crippen LogP contribution in [0.1, 0.15) is 12.5 Å². The zero-order valence-electron chi connectivity index (χ0n) is 11.5. The number of ether oxygens (including phenoxy) is 1. The molecule has 2 aromatic carbocycles. The van der Waals surface area contributed by atoms with Gasteiger partial charge in [0.15, 0.2) is 5.75 Å². The molecule has 0 aromatic heterocycles. The molecule has 0 saturated heterocycles. The Morgan fingerprint density at radius 3 is 2.67 bits per heavy atom. The molecule has 0 aliphatic rings. The van der Waals surface area contributed by atoms with Gasteiger partial charge in [0, 0.05) is 10.5 Å². The summed E-state index contributed by atoms with van der Waals surface area (Å²) in [5.74, 6) is 0.268. The highest BCUT2D eigenvalue weighted by Crippen LogP contribution is 2.30. The van der Waals surface area contributed by atoms with Crippen molar-refractivity contribution in [3.63, 3.8) is 0 Å². The first-order valence-corrected chi connectivity index (χ1v) is 7.14. The average molecular weight is 348 g/mol. The first-order valence-electron chi connectivity index (χ1n) is 6.35. The Morgan fingerprint density at radius 1 is 1.29 bits per heavy atom. The van der Waals surface area contributed by atoms with Crippen molar-refractivity contribution in [2.24, 2.45) is 0 Å². The molecule has 0 amide bonds. The molecule has 0 radical (unpaired) electrons. The molecule has 0 spiro atoms. The van der Waals surface area contributed by atoms with Crippen LogP contribution in [0.5, 0.6) is 5.75 Å². The Morgan fingerprint density at radius 2 is 2.00 bits per heavy atom. The number of halogens is 1. The normalized spacial score (nSPS) is 11.2. The number of hydrogen-bond acceptors (Lipinski definition) is 3. The van der Waals surface area contributed by atoms with Crippen molar-refractivity contribution in [3.05, 3.63) is 74.3 Å². The quantitative estimate of drug-likeness (QED) is 0.574. The molecule has 0 atom stereocenters. The van der Waals surface area contributed by atoms with Crippen molar-refractivity contribution in [2.45, 2.75) is 6.92 Å². The lowest BCUT2D eigenvalue weighted by Gasteiger charge is -2.07. The minimum absolute atomic E-state index is 0.0445. The zero-order valence-corrected chi connectivity index (χ0v) is 13.0. The summed E-state index contributed by atoms with van der Waals surface area (Å²) in [7, 11) is 0. The zero-order chi connectivity index (χ0) is 15.2. The first-order chi connectivity index (χ1) is 10.1. The highest BCUT2D eigenvalue weighted by atomic mass is 79.9. The molecule has 0 aliphatic carbocycles. The minimum atomic E-state index is -0.448. The lowest BCUT2D eigenvalue weighted by atomic mass is 10.1. The van der Waals surface area contributed by atoms with E-state index in [1.165, 1.54) is 6.07 Å². The number of benzene rings is 2. The highest BCUT2D eigenvalue weighted by Gasteiger charge is 2.15. The molecule has 4 nitrogen and oxygen atoms in total. The summed E-state index contributed by atoms with van der Waals surface area (Å²) in [5, 5.41) is 11.0. The second-order valence-corrected chi connectivity index (χ2v) is 5.47. The van der Waals surface area contributed by atoms with Crippen LogP contribution in [0.25, 0.3) is 6.08 Å². The second-order valence-electron chi connectivity index (χ2n) is 4.56. The summed E-state index contributed by atoms with van der Waals surface area (Å²) in [6.07, 6.45) is 1.99. The van der Waals surface area contributed by atoms with Crippen molar-refractivity contribution in [3.8, 4) is 5.75 Å². The van der Waals surface area contributed by atoms with Gasteiger partial charge in [-0.05, 0) is 30.2 Å². The van der Waals surface area contributed by atoms with E-state index in [9.17, 15) is 10.1 Å². The van der Waals surface area contributed by atoms with Crippen LogP contribution in [-0.2, 0) is 0 Å². The molecule has 2 rings (SSSR count). The summed E-state index contributed by atoms with van der Waals surface area (Å²) < 4.78 is 6.21. The summed E-state index contributed by atoms with van der Waals surface area (Å²) >= 11 is 3.22. The van der Waals surface area contributed by atoms with Crippen molar-refractivity contribution in [1.29, 1.82) is 0 Å². The third-order valence-corrected chi connectivity index (χ3v) is 3.28. The molecule has 21 heavy (non-hydrogen) atoms. The van der Waals surface area contributed by atoms with Gasteiger partial charge in [-0.15, -0.1) is 0 Å². The topological polar surface area (TPSA) is 52.4 Å². The fraction of sp³-hybridized carbons (Fsp3) is 0.125. The van der Waals surface area contributed by atoms with Crippen molar-refractivity contribution in [2.75, 3.05) is 6.61 Å². The van der Waals surface area contributed by atoms with Gasteiger partial charge in [-0.3, -0.25) is 10.1 Å². The number of nitro benzene ring substituents is 1. The number of nitro groups is 1. The van der Waals surface area contributed by atoms with Crippen LogP contribution >= 0.6 is 15.9 Å². The maximum absolute atomic E-state index is 11.0. The van der Waals surface area contributed by atoms with E-state index in [1.54, 1.807) is 12.1 Å². The van der Waals surface area contributed by atoms with E-state index in [0.29, 0.717) is 11.1 Å². The second kappa shape index (κ2) is 7.04. The van der Waals surface area contributed by atoms with Crippen LogP contribution in [0.3, 0.4) is 0 Å². The molecule has 0 saturated carbocycles. The molecule has 0 N–H and O–H groups in total. The molecule has 5 heteroatoms. The third-order valence-electron chi connectivity index (χ3n) is 2.79. The molecule has 0 bridgehead atoms. The maximum Gasteiger partial charge on any atom is 0.312 e. The largest absolute Gasteiger partial charge is 0.482 e. The molecule has 0 heterocycles. The van der Waals surface area contributed by atoms with Gasteiger partial charge in [-0.25, -0.2) is 0 Å². The van der Waals surface area contributed by atoms with Crippen LogP contribution in [-0.4, -0.2) is 11.5 Å². The minimum Gasteiger partial charge on any atom is -0.482 e. The van der Waals surface area contributed by atoms with Gasteiger partial charge >= 0.3 is 5.69 Å². The Hall–Kier alpha value is -2.14. The monoisotopic (exact) mass is 347 g/mol. The molecule has 0 aliphatic heterocycles. The van der Waals surface area contributed by atoms with Crippen molar-refractivity contribution in [1.82, 2.24) is 0 Å². The smallest absolute Gasteiger partial charge is 0.312 e. The van der Waals surface area contributed by atoms with E-state index in [1.807, 2.05) is 43.3 Å². The molecule has 2 aromatic rings. The predicted molar refractivity (Wildman–Crippen MR) is 86.4 cm³/mol. The molecule has 108 valence electrons. The average Bonchev–Trinajstić information content (AvgIpc) is 2.47. The van der Waals surface area contributed by atoms with Crippen LogP contribution in [0.4, 0.5) is 5.69 Å². The number of nitrogens with zero attached hydrogens (tertiary/aromatic N) is 1. The van der Waals surface area contributed by atoms with E-state index in [4.69, 9.17) is 4.74 Å². The van der Waals surface area contributed by atoms with Crippen molar-refractivity contribution < 1.29 is 9.66 Å². The van der Waals surface area contributed by atoms with Gasteiger partial charge in [0.25, 0.3) is 0 Å². The van der Waals surface area contributed by atoms with Crippen LogP contribution in [0, 0.1) is 10.1 Å². The van der Waals surface area contributed by atoms with Crippen molar-refractivity contribution >= 4 is 27.7 Å². The van der Waals surface area contributed by atoms with Crippen LogP contribution in [0.2, 0.25) is 0 Å². The Labute approximate surface area is 131 Å². The van der Waals surface area contributed by atoms with Gasteiger partial charge in [0.1, 0.15) is 6.61 Å². The van der Waals surface area contributed by atoms with E-state index in [-0.39, 0.29) is 11.4 Å². The summed E-state index contributed by atoms with van der Waals surface area (Å²) in [6.45, 7) is 2.23. The molecular weight excluding hydrogens is 334 g/mol. The SMILES string of the molecule is C/C(=C\c1ccccc1)COc1ccc(Br)cc1[N+](=O)[O-].